The number of rotatable bonds is 10. The number of carbonyl (C=O) groups excluding carboxylic acids is 1. The Bertz CT molecular complexity index is 1050. The lowest BCUT2D eigenvalue weighted by Crippen LogP contribution is -2.17. The van der Waals surface area contributed by atoms with Gasteiger partial charge in [-0.05, 0) is 59.6 Å². The molecule has 32 heavy (non-hydrogen) atoms. The molecule has 1 unspecified atom stereocenters. The summed E-state index contributed by atoms with van der Waals surface area (Å²) in [6.07, 6.45) is 4.49. The highest BCUT2D eigenvalue weighted by Crippen LogP contribution is 2.16. The van der Waals surface area contributed by atoms with E-state index < -0.39 is 16.3 Å². The summed E-state index contributed by atoms with van der Waals surface area (Å²) in [6.45, 7) is 9.42. The Labute approximate surface area is 194 Å². The highest BCUT2D eigenvalue weighted by Gasteiger charge is 2.14. The van der Waals surface area contributed by atoms with Gasteiger partial charge in [0.15, 0.2) is 0 Å². The largest absolute Gasteiger partial charge is 0.609 e. The monoisotopic (exact) mass is 442 g/mol. The van der Waals surface area contributed by atoms with Crippen molar-refractivity contribution in [3.8, 4) is 0 Å². The molecule has 0 aliphatic carbocycles. The Morgan fingerprint density at radius 1 is 0.781 bits per heavy atom. The third-order valence-corrected chi connectivity index (χ3v) is 6.55. The van der Waals surface area contributed by atoms with E-state index >= 15 is 0 Å². The maximum atomic E-state index is 11.7. The summed E-state index contributed by atoms with van der Waals surface area (Å²) in [5.41, 5.74) is 8.70. The zero-order valence-electron chi connectivity index (χ0n) is 18.7. The molecule has 3 aromatic carbocycles. The average molecular weight is 443 g/mol. The lowest BCUT2D eigenvalue weighted by molar-refractivity contribution is -0.107. The van der Waals surface area contributed by atoms with Crippen LogP contribution in [0.3, 0.4) is 0 Å². The molecule has 0 aliphatic rings. The molecule has 0 N–H and O–H groups in total. The van der Waals surface area contributed by atoms with Gasteiger partial charge in [-0.25, -0.2) is 4.79 Å². The van der Waals surface area contributed by atoms with E-state index in [0.29, 0.717) is 12.2 Å². The second-order valence-corrected chi connectivity index (χ2v) is 9.76. The third kappa shape index (κ3) is 7.37. The Hall–Kier alpha value is -2.88. The highest BCUT2D eigenvalue weighted by molar-refractivity contribution is 8.06. The van der Waals surface area contributed by atoms with Gasteiger partial charge >= 0.3 is 5.12 Å². The summed E-state index contributed by atoms with van der Waals surface area (Å²) >= 11 is -1.48. The van der Waals surface area contributed by atoms with Crippen LogP contribution < -0.4 is 0 Å². The Morgan fingerprint density at radius 2 is 1.16 bits per heavy atom. The average Bonchev–Trinajstić information content (AvgIpc) is 2.80. The first-order chi connectivity index (χ1) is 15.4. The van der Waals surface area contributed by atoms with Crippen LogP contribution in [-0.4, -0.2) is 15.4 Å². The van der Waals surface area contributed by atoms with Gasteiger partial charge in [-0.1, -0.05) is 91.5 Å². The first-order valence-corrected chi connectivity index (χ1v) is 12.2. The molecule has 3 heteroatoms. The van der Waals surface area contributed by atoms with Gasteiger partial charge in [0.1, 0.15) is 5.75 Å². The smallest absolute Gasteiger partial charge is 0.351 e. The predicted octanol–water partition coefficient (Wildman–Crippen LogP) is 5.99. The summed E-state index contributed by atoms with van der Waals surface area (Å²) < 4.78 is 11.7. The minimum absolute atomic E-state index is 0.336. The SMILES string of the molecule is C=CC(=O)[S+]([O-])CCc1ccc(Cc2ccc(Cc3ccc(CC(=C)C)cc3)cc2)cc1. The number of hydrogen-bond donors (Lipinski definition) is 0. The predicted molar refractivity (Wildman–Crippen MR) is 135 cm³/mol. The van der Waals surface area contributed by atoms with Crippen molar-refractivity contribution in [2.24, 2.45) is 0 Å². The Kier molecular flexibility index (Phi) is 8.66. The van der Waals surface area contributed by atoms with Gasteiger partial charge in [-0.2, -0.15) is 0 Å². The van der Waals surface area contributed by atoms with E-state index in [1.54, 1.807) is 0 Å². The van der Waals surface area contributed by atoms with Crippen LogP contribution in [0.1, 0.15) is 40.3 Å². The molecule has 164 valence electrons. The van der Waals surface area contributed by atoms with Gasteiger partial charge in [0.2, 0.25) is 0 Å². The van der Waals surface area contributed by atoms with Crippen molar-refractivity contribution in [3.63, 3.8) is 0 Å². The second kappa shape index (κ2) is 11.7. The molecule has 0 aromatic heterocycles. The molecule has 0 aliphatic heterocycles. The van der Waals surface area contributed by atoms with Crippen LogP contribution >= 0.6 is 0 Å². The van der Waals surface area contributed by atoms with Crippen LogP contribution in [0, 0.1) is 0 Å². The van der Waals surface area contributed by atoms with E-state index in [1.165, 1.54) is 33.4 Å². The zero-order valence-corrected chi connectivity index (χ0v) is 19.5. The van der Waals surface area contributed by atoms with Crippen LogP contribution in [0.4, 0.5) is 0 Å². The minimum Gasteiger partial charge on any atom is -0.609 e. The molecule has 3 aromatic rings. The number of aryl methyl sites for hydroxylation is 1. The molecule has 0 saturated heterocycles. The molecule has 0 saturated carbocycles. The van der Waals surface area contributed by atoms with Crippen LogP contribution in [-0.2, 0) is 41.7 Å². The van der Waals surface area contributed by atoms with Crippen molar-refractivity contribution in [3.05, 3.63) is 131 Å². The van der Waals surface area contributed by atoms with Crippen molar-refractivity contribution in [1.29, 1.82) is 0 Å². The quantitative estimate of drug-likeness (QED) is 0.220. The van der Waals surface area contributed by atoms with Gasteiger partial charge in [-0.15, -0.1) is 0 Å². The van der Waals surface area contributed by atoms with E-state index in [0.717, 1.165) is 30.9 Å². The first-order valence-electron chi connectivity index (χ1n) is 10.9. The van der Waals surface area contributed by atoms with Gasteiger partial charge in [-0.3, -0.25) is 0 Å². The van der Waals surface area contributed by atoms with Crippen molar-refractivity contribution in [1.82, 2.24) is 0 Å². The minimum atomic E-state index is -1.48. The van der Waals surface area contributed by atoms with Crippen LogP contribution in [0.25, 0.3) is 0 Å². The second-order valence-electron chi connectivity index (χ2n) is 8.26. The standard InChI is InChI=1S/C29H30O2S/c1-4-29(30)32(31)18-17-23-5-7-25(8-6-23)20-27-13-15-28(16-14-27)21-26-11-9-24(10-12-26)19-22(2)3/h4-16H,1-2,17-21H2,3H3. The summed E-state index contributed by atoms with van der Waals surface area (Å²) in [4.78, 5) is 11.3. The van der Waals surface area contributed by atoms with Crippen LogP contribution in [0.15, 0.2) is 97.6 Å². The van der Waals surface area contributed by atoms with Crippen LogP contribution in [0.5, 0.6) is 0 Å². The van der Waals surface area contributed by atoms with E-state index in [4.69, 9.17) is 0 Å². The molecule has 0 fully saturated rings. The number of hydrogen-bond acceptors (Lipinski definition) is 2. The summed E-state index contributed by atoms with van der Waals surface area (Å²) in [5, 5.41) is -0.398. The molecular formula is C29H30O2S. The van der Waals surface area contributed by atoms with E-state index in [-0.39, 0.29) is 0 Å². The molecule has 1 atom stereocenters. The summed E-state index contributed by atoms with van der Waals surface area (Å²) in [6, 6.07) is 25.9. The fourth-order valence-electron chi connectivity index (χ4n) is 3.60. The van der Waals surface area contributed by atoms with Gasteiger partial charge in [0.05, 0.1) is 0 Å². The molecule has 0 spiro atoms. The van der Waals surface area contributed by atoms with E-state index in [1.807, 2.05) is 0 Å². The molecule has 0 amide bonds. The molecule has 2 nitrogen and oxygen atoms in total. The number of benzene rings is 3. The van der Waals surface area contributed by atoms with Crippen LogP contribution in [0.2, 0.25) is 0 Å². The Balaban J connectivity index is 1.52. The van der Waals surface area contributed by atoms with E-state index in [2.05, 4.69) is 92.9 Å². The van der Waals surface area contributed by atoms with Gasteiger partial charge < -0.3 is 4.55 Å². The molecule has 0 bridgehead atoms. The molecule has 0 heterocycles. The fourth-order valence-corrected chi connectivity index (χ4v) is 4.41. The van der Waals surface area contributed by atoms with E-state index in [9.17, 15) is 9.35 Å². The third-order valence-electron chi connectivity index (χ3n) is 5.36. The molecule has 3 rings (SSSR count). The maximum Gasteiger partial charge on any atom is 0.351 e. The zero-order chi connectivity index (χ0) is 22.9. The summed E-state index contributed by atoms with van der Waals surface area (Å²) in [7, 11) is 0. The Morgan fingerprint density at radius 3 is 1.53 bits per heavy atom. The topological polar surface area (TPSA) is 40.1 Å². The van der Waals surface area contributed by atoms with Crippen molar-refractivity contribution in [2.45, 2.75) is 32.6 Å². The normalized spacial score (nSPS) is 11.7. The molecule has 0 radical (unpaired) electrons. The first kappa shape index (κ1) is 23.8. The van der Waals surface area contributed by atoms with Crippen molar-refractivity contribution < 1.29 is 9.35 Å². The highest BCUT2D eigenvalue weighted by atomic mass is 32.2. The maximum absolute atomic E-state index is 11.7. The fraction of sp³-hybridized carbons (Fsp3) is 0.207. The molecular weight excluding hydrogens is 412 g/mol. The van der Waals surface area contributed by atoms with Gasteiger partial charge in [0.25, 0.3) is 0 Å². The van der Waals surface area contributed by atoms with Gasteiger partial charge in [0, 0.05) is 23.7 Å². The van der Waals surface area contributed by atoms with Crippen molar-refractivity contribution in [2.75, 3.05) is 5.75 Å². The number of carbonyl (C=O) groups is 1. The number of allylic oxidation sites excluding steroid dienone is 1. The lowest BCUT2D eigenvalue weighted by atomic mass is 9.98. The summed E-state index contributed by atoms with van der Waals surface area (Å²) in [5.74, 6) is 0.336. The lowest BCUT2D eigenvalue weighted by Gasteiger charge is -2.08. The van der Waals surface area contributed by atoms with Crippen molar-refractivity contribution >= 4 is 16.3 Å².